The number of hydrogen-bond acceptors (Lipinski definition) is 3. The van der Waals surface area contributed by atoms with Gasteiger partial charge in [0.2, 0.25) is 0 Å². The normalized spacial score (nSPS) is 22.1. The van der Waals surface area contributed by atoms with Gasteiger partial charge in [0, 0.05) is 17.3 Å². The Morgan fingerprint density at radius 2 is 2.05 bits per heavy atom. The predicted octanol–water partition coefficient (Wildman–Crippen LogP) is 2.59. The minimum absolute atomic E-state index is 0.457. The molecule has 0 aromatic heterocycles. The zero-order chi connectivity index (χ0) is 13.5. The zero-order valence-electron chi connectivity index (χ0n) is 10.9. The predicted molar refractivity (Wildman–Crippen MR) is 76.5 cm³/mol. The van der Waals surface area contributed by atoms with Gasteiger partial charge in [-0.1, -0.05) is 28.8 Å². The molecule has 1 fully saturated rings. The van der Waals surface area contributed by atoms with E-state index in [2.05, 4.69) is 22.0 Å². The lowest BCUT2D eigenvalue weighted by Gasteiger charge is -2.29. The van der Waals surface area contributed by atoms with Crippen molar-refractivity contribution in [1.82, 2.24) is 0 Å². The van der Waals surface area contributed by atoms with Crippen molar-refractivity contribution in [3.05, 3.63) is 27.7 Å². The molecule has 1 unspecified atom stereocenters. The van der Waals surface area contributed by atoms with Gasteiger partial charge in [0.25, 0.3) is 0 Å². The van der Waals surface area contributed by atoms with Gasteiger partial charge in [0.15, 0.2) is 0 Å². The molecule has 0 spiro atoms. The molecule has 0 radical (unpaired) electrons. The van der Waals surface area contributed by atoms with Gasteiger partial charge in [0.1, 0.15) is 5.75 Å². The summed E-state index contributed by atoms with van der Waals surface area (Å²) in [5, 5.41) is 20.8. The maximum absolute atomic E-state index is 10.4. The number of benzene rings is 1. The van der Waals surface area contributed by atoms with Crippen LogP contribution >= 0.6 is 15.9 Å². The molecule has 3 rings (SSSR count). The van der Waals surface area contributed by atoms with Crippen molar-refractivity contribution in [3.63, 3.8) is 0 Å². The molecule has 1 saturated carbocycles. The van der Waals surface area contributed by atoms with E-state index < -0.39 is 11.7 Å². The van der Waals surface area contributed by atoms with Crippen molar-refractivity contribution in [2.45, 2.75) is 50.2 Å². The van der Waals surface area contributed by atoms with Crippen molar-refractivity contribution < 1.29 is 14.9 Å². The second-order valence-electron chi connectivity index (χ2n) is 5.68. The topological polar surface area (TPSA) is 49.7 Å². The van der Waals surface area contributed by atoms with E-state index in [0.29, 0.717) is 25.9 Å². The molecule has 4 heteroatoms. The summed E-state index contributed by atoms with van der Waals surface area (Å²) in [5.74, 6) is 0.906. The average Bonchev–Trinajstić information content (AvgIpc) is 2.98. The van der Waals surface area contributed by atoms with Crippen LogP contribution in [0.5, 0.6) is 5.75 Å². The lowest BCUT2D eigenvalue weighted by molar-refractivity contribution is -0.0690. The monoisotopic (exact) mass is 326 g/mol. The zero-order valence-corrected chi connectivity index (χ0v) is 12.4. The summed E-state index contributed by atoms with van der Waals surface area (Å²) in [6.07, 6.45) is 4.07. The second-order valence-corrected chi connectivity index (χ2v) is 6.60. The van der Waals surface area contributed by atoms with Crippen molar-refractivity contribution >= 4 is 15.9 Å². The van der Waals surface area contributed by atoms with Gasteiger partial charge in [-0.05, 0) is 36.1 Å². The van der Waals surface area contributed by atoms with Crippen LogP contribution in [0.1, 0.15) is 36.8 Å². The quantitative estimate of drug-likeness (QED) is 0.897. The molecule has 19 heavy (non-hydrogen) atoms. The van der Waals surface area contributed by atoms with Crippen LogP contribution in [0.2, 0.25) is 0 Å². The Morgan fingerprint density at radius 1 is 1.32 bits per heavy atom. The maximum atomic E-state index is 10.4. The number of aliphatic hydroxyl groups is 2. The van der Waals surface area contributed by atoms with E-state index in [1.165, 1.54) is 5.56 Å². The summed E-state index contributed by atoms with van der Waals surface area (Å²) in [7, 11) is 0. The number of fused-ring (bicyclic) bond motifs is 1. The fraction of sp³-hybridized carbons (Fsp3) is 0.600. The van der Waals surface area contributed by atoms with Crippen LogP contribution in [0.15, 0.2) is 16.6 Å². The van der Waals surface area contributed by atoms with Crippen molar-refractivity contribution in [2.24, 2.45) is 0 Å². The number of halogens is 1. The summed E-state index contributed by atoms with van der Waals surface area (Å²) in [5.41, 5.74) is 1.28. The van der Waals surface area contributed by atoms with Crippen LogP contribution in [-0.2, 0) is 12.8 Å². The molecule has 2 aliphatic rings. The molecule has 0 amide bonds. The molecule has 1 aliphatic heterocycles. The van der Waals surface area contributed by atoms with Gasteiger partial charge in [-0.3, -0.25) is 0 Å². The summed E-state index contributed by atoms with van der Waals surface area (Å²) in [6.45, 7) is 0.707. The van der Waals surface area contributed by atoms with Gasteiger partial charge in [-0.25, -0.2) is 0 Å². The minimum Gasteiger partial charge on any atom is -0.493 e. The van der Waals surface area contributed by atoms with Gasteiger partial charge in [-0.15, -0.1) is 0 Å². The summed E-state index contributed by atoms with van der Waals surface area (Å²) in [6, 6.07) is 4.06. The molecule has 1 aromatic rings. The third kappa shape index (κ3) is 2.54. The number of hydrogen-bond donors (Lipinski definition) is 2. The average molecular weight is 327 g/mol. The molecular weight excluding hydrogens is 308 g/mol. The SMILES string of the molecule is OC(Cc1cc(Br)cc2c1OCC2)C1(O)CCCC1. The first-order valence-electron chi connectivity index (χ1n) is 6.93. The fourth-order valence-corrected chi connectivity index (χ4v) is 3.77. The maximum Gasteiger partial charge on any atom is 0.125 e. The molecule has 0 saturated heterocycles. The van der Waals surface area contributed by atoms with Crippen molar-refractivity contribution in [2.75, 3.05) is 6.61 Å². The van der Waals surface area contributed by atoms with Gasteiger partial charge >= 0.3 is 0 Å². The first-order chi connectivity index (χ1) is 9.08. The van der Waals surface area contributed by atoms with Gasteiger partial charge < -0.3 is 14.9 Å². The summed E-state index contributed by atoms with van der Waals surface area (Å²) in [4.78, 5) is 0. The highest BCUT2D eigenvalue weighted by Gasteiger charge is 2.39. The largest absolute Gasteiger partial charge is 0.493 e. The van der Waals surface area contributed by atoms with E-state index in [1.54, 1.807) is 0 Å². The molecular formula is C15H19BrO3. The Balaban J connectivity index is 1.83. The number of rotatable bonds is 3. The fourth-order valence-electron chi connectivity index (χ4n) is 3.22. The molecule has 1 aliphatic carbocycles. The lowest BCUT2D eigenvalue weighted by Crippen LogP contribution is -2.40. The van der Waals surface area contributed by atoms with E-state index in [0.717, 1.165) is 35.0 Å². The summed E-state index contributed by atoms with van der Waals surface area (Å²) >= 11 is 3.50. The molecule has 1 aromatic carbocycles. The number of aliphatic hydroxyl groups excluding tert-OH is 1. The highest BCUT2D eigenvalue weighted by Crippen LogP contribution is 2.38. The molecule has 2 N–H and O–H groups in total. The molecule has 1 heterocycles. The Kier molecular flexibility index (Phi) is 3.58. The highest BCUT2D eigenvalue weighted by atomic mass is 79.9. The van der Waals surface area contributed by atoms with Crippen LogP contribution in [0, 0.1) is 0 Å². The van der Waals surface area contributed by atoms with E-state index in [1.807, 2.05) is 6.07 Å². The second kappa shape index (κ2) is 5.08. The van der Waals surface area contributed by atoms with E-state index in [9.17, 15) is 10.2 Å². The van der Waals surface area contributed by atoms with Crippen molar-refractivity contribution in [3.8, 4) is 5.75 Å². The van der Waals surface area contributed by atoms with E-state index >= 15 is 0 Å². The highest BCUT2D eigenvalue weighted by molar-refractivity contribution is 9.10. The van der Waals surface area contributed by atoms with Crippen LogP contribution in [0.25, 0.3) is 0 Å². The molecule has 1 atom stereocenters. The first kappa shape index (κ1) is 13.4. The Morgan fingerprint density at radius 3 is 2.79 bits per heavy atom. The molecule has 0 bridgehead atoms. The van der Waals surface area contributed by atoms with Crippen molar-refractivity contribution in [1.29, 1.82) is 0 Å². The van der Waals surface area contributed by atoms with Crippen LogP contribution < -0.4 is 4.74 Å². The van der Waals surface area contributed by atoms with E-state index in [-0.39, 0.29) is 0 Å². The first-order valence-corrected chi connectivity index (χ1v) is 7.72. The Hall–Kier alpha value is -0.580. The summed E-state index contributed by atoms with van der Waals surface area (Å²) < 4.78 is 6.68. The van der Waals surface area contributed by atoms with E-state index in [4.69, 9.17) is 4.74 Å². The third-order valence-electron chi connectivity index (χ3n) is 4.33. The number of ether oxygens (including phenoxy) is 1. The van der Waals surface area contributed by atoms with Crippen LogP contribution in [0.4, 0.5) is 0 Å². The van der Waals surface area contributed by atoms with Gasteiger partial charge in [0.05, 0.1) is 18.3 Å². The van der Waals surface area contributed by atoms with Crippen LogP contribution in [-0.4, -0.2) is 28.5 Å². The molecule has 3 nitrogen and oxygen atoms in total. The standard InChI is InChI=1S/C15H19BrO3/c16-12-7-10-3-6-19-14(10)11(8-12)9-13(17)15(18)4-1-2-5-15/h7-8,13,17-18H,1-6,9H2. The lowest BCUT2D eigenvalue weighted by atomic mass is 9.89. The third-order valence-corrected chi connectivity index (χ3v) is 4.79. The molecule has 104 valence electrons. The minimum atomic E-state index is -0.909. The van der Waals surface area contributed by atoms with Crippen LogP contribution in [0.3, 0.4) is 0 Å². The Labute approximate surface area is 121 Å². The smallest absolute Gasteiger partial charge is 0.125 e. The van der Waals surface area contributed by atoms with Gasteiger partial charge in [-0.2, -0.15) is 0 Å². The Bertz CT molecular complexity index is 481.